The van der Waals surface area contributed by atoms with E-state index < -0.39 is 0 Å². The molecular weight excluding hydrogens is 242 g/mol. The fourth-order valence-electron chi connectivity index (χ4n) is 2.23. The number of carbonyl (C=O) groups excluding carboxylic acids is 1. The fraction of sp³-hybridized carbons (Fsp3) is 0.933. The van der Waals surface area contributed by atoms with E-state index in [1.165, 1.54) is 19.3 Å². The van der Waals surface area contributed by atoms with Crippen LogP contribution in [-0.4, -0.2) is 38.4 Å². The third kappa shape index (κ3) is 9.00. The second kappa shape index (κ2) is 11.2. The van der Waals surface area contributed by atoms with E-state index in [1.807, 2.05) is 0 Å². The minimum Gasteiger partial charge on any atom is -0.466 e. The number of carbonyl (C=O) groups is 1. The van der Waals surface area contributed by atoms with Crippen LogP contribution >= 0.6 is 0 Å². The largest absolute Gasteiger partial charge is 0.466 e. The van der Waals surface area contributed by atoms with Crippen LogP contribution in [-0.2, 0) is 14.3 Å². The topological polar surface area (TPSA) is 47.6 Å². The Hall–Kier alpha value is -0.610. The Bertz CT molecular complexity index is 227. The first kappa shape index (κ1) is 16.4. The highest BCUT2D eigenvalue weighted by Gasteiger charge is 2.13. The van der Waals surface area contributed by atoms with Crippen LogP contribution in [0.5, 0.6) is 0 Å². The third-order valence-electron chi connectivity index (χ3n) is 3.46. The lowest BCUT2D eigenvalue weighted by Gasteiger charge is -2.22. The zero-order valence-corrected chi connectivity index (χ0v) is 12.3. The molecule has 0 aromatic carbocycles. The first-order valence-corrected chi connectivity index (χ1v) is 7.81. The van der Waals surface area contributed by atoms with E-state index in [2.05, 4.69) is 12.2 Å². The van der Waals surface area contributed by atoms with E-state index in [-0.39, 0.29) is 5.97 Å². The molecule has 0 amide bonds. The van der Waals surface area contributed by atoms with Gasteiger partial charge in [-0.1, -0.05) is 32.6 Å². The number of hydrogen-bond acceptors (Lipinski definition) is 4. The molecule has 1 aliphatic rings. The van der Waals surface area contributed by atoms with E-state index in [9.17, 15) is 4.79 Å². The summed E-state index contributed by atoms with van der Waals surface area (Å²) in [4.78, 5) is 11.5. The zero-order chi connectivity index (χ0) is 13.8. The summed E-state index contributed by atoms with van der Waals surface area (Å²) in [7, 11) is 0. The number of ether oxygens (including phenoxy) is 2. The summed E-state index contributed by atoms with van der Waals surface area (Å²) in [5, 5.41) is 3.29. The van der Waals surface area contributed by atoms with Crippen LogP contribution < -0.4 is 5.32 Å². The average Bonchev–Trinajstić information content (AvgIpc) is 2.44. The van der Waals surface area contributed by atoms with Gasteiger partial charge in [0.2, 0.25) is 0 Å². The molecule has 4 nitrogen and oxygen atoms in total. The number of esters is 1. The standard InChI is InChI=1S/C15H29NO3/c1-2-3-4-5-6-12-19-15(17)9-13-18-14-7-10-16-11-8-14/h14,16H,2-13H2,1H3. The van der Waals surface area contributed by atoms with Crippen molar-refractivity contribution in [3.63, 3.8) is 0 Å². The van der Waals surface area contributed by atoms with Gasteiger partial charge in [0.1, 0.15) is 0 Å². The molecule has 4 heteroatoms. The lowest BCUT2D eigenvalue weighted by atomic mass is 10.1. The van der Waals surface area contributed by atoms with Crippen LogP contribution in [0.2, 0.25) is 0 Å². The SMILES string of the molecule is CCCCCCCOC(=O)CCOC1CCNCC1. The molecule has 1 heterocycles. The van der Waals surface area contributed by atoms with Crippen LogP contribution in [0, 0.1) is 0 Å². The summed E-state index contributed by atoms with van der Waals surface area (Å²) in [5.74, 6) is -0.121. The van der Waals surface area contributed by atoms with Crippen molar-refractivity contribution in [1.29, 1.82) is 0 Å². The van der Waals surface area contributed by atoms with Gasteiger partial charge < -0.3 is 14.8 Å². The molecule has 19 heavy (non-hydrogen) atoms. The molecule has 0 saturated carbocycles. The molecule has 0 unspecified atom stereocenters. The molecule has 0 aliphatic carbocycles. The quantitative estimate of drug-likeness (QED) is 0.490. The zero-order valence-electron chi connectivity index (χ0n) is 12.3. The van der Waals surface area contributed by atoms with Gasteiger partial charge >= 0.3 is 5.97 Å². The van der Waals surface area contributed by atoms with Crippen molar-refractivity contribution in [3.8, 4) is 0 Å². The van der Waals surface area contributed by atoms with Crippen LogP contribution in [0.15, 0.2) is 0 Å². The predicted molar refractivity (Wildman–Crippen MR) is 76.2 cm³/mol. The second-order valence-electron chi connectivity index (χ2n) is 5.20. The van der Waals surface area contributed by atoms with E-state index in [4.69, 9.17) is 9.47 Å². The monoisotopic (exact) mass is 271 g/mol. The van der Waals surface area contributed by atoms with Crippen molar-refractivity contribution < 1.29 is 14.3 Å². The molecule has 0 spiro atoms. The maximum absolute atomic E-state index is 11.5. The number of rotatable bonds is 10. The molecule has 1 fully saturated rings. The highest BCUT2D eigenvalue weighted by molar-refractivity contribution is 5.69. The molecule has 1 N–H and O–H groups in total. The van der Waals surface area contributed by atoms with Gasteiger partial charge in [0.05, 0.1) is 25.7 Å². The number of unbranched alkanes of at least 4 members (excludes halogenated alkanes) is 4. The Labute approximate surface area is 117 Å². The van der Waals surface area contributed by atoms with Crippen molar-refractivity contribution in [1.82, 2.24) is 5.32 Å². The van der Waals surface area contributed by atoms with Crippen molar-refractivity contribution in [2.24, 2.45) is 0 Å². The van der Waals surface area contributed by atoms with Crippen LogP contribution in [0.25, 0.3) is 0 Å². The summed E-state index contributed by atoms with van der Waals surface area (Å²) in [5.41, 5.74) is 0. The Balaban J connectivity index is 1.87. The molecule has 0 atom stereocenters. The minimum absolute atomic E-state index is 0.121. The van der Waals surface area contributed by atoms with Crippen molar-refractivity contribution in [2.45, 2.75) is 64.4 Å². The fourth-order valence-corrected chi connectivity index (χ4v) is 2.23. The van der Waals surface area contributed by atoms with Gasteiger partial charge in [-0.25, -0.2) is 0 Å². The van der Waals surface area contributed by atoms with E-state index >= 15 is 0 Å². The molecule has 0 aromatic heterocycles. The molecule has 1 aliphatic heterocycles. The van der Waals surface area contributed by atoms with Gasteiger partial charge in [-0.2, -0.15) is 0 Å². The molecule has 0 aromatic rings. The second-order valence-corrected chi connectivity index (χ2v) is 5.20. The number of piperidine rings is 1. The van der Waals surface area contributed by atoms with Gasteiger partial charge in [-0.05, 0) is 32.4 Å². The Morgan fingerprint density at radius 2 is 1.84 bits per heavy atom. The first-order chi connectivity index (χ1) is 9.33. The van der Waals surface area contributed by atoms with Crippen LogP contribution in [0.1, 0.15) is 58.3 Å². The van der Waals surface area contributed by atoms with Gasteiger partial charge in [-0.3, -0.25) is 4.79 Å². The number of hydrogen-bond donors (Lipinski definition) is 1. The highest BCUT2D eigenvalue weighted by atomic mass is 16.5. The molecular formula is C15H29NO3. The molecule has 0 radical (unpaired) electrons. The summed E-state index contributed by atoms with van der Waals surface area (Å²) in [6, 6.07) is 0. The molecule has 112 valence electrons. The van der Waals surface area contributed by atoms with Crippen molar-refractivity contribution >= 4 is 5.97 Å². The van der Waals surface area contributed by atoms with E-state index in [0.717, 1.165) is 38.8 Å². The maximum Gasteiger partial charge on any atom is 0.308 e. The van der Waals surface area contributed by atoms with Gasteiger partial charge in [0.15, 0.2) is 0 Å². The van der Waals surface area contributed by atoms with E-state index in [1.54, 1.807) is 0 Å². The highest BCUT2D eigenvalue weighted by Crippen LogP contribution is 2.08. The summed E-state index contributed by atoms with van der Waals surface area (Å²) in [6.07, 6.45) is 8.72. The maximum atomic E-state index is 11.5. The first-order valence-electron chi connectivity index (χ1n) is 7.81. The van der Waals surface area contributed by atoms with E-state index in [0.29, 0.717) is 25.7 Å². The van der Waals surface area contributed by atoms with Crippen molar-refractivity contribution in [3.05, 3.63) is 0 Å². The lowest BCUT2D eigenvalue weighted by Crippen LogP contribution is -2.32. The Kier molecular flexibility index (Phi) is 9.72. The smallest absolute Gasteiger partial charge is 0.308 e. The summed E-state index contributed by atoms with van der Waals surface area (Å²) < 4.78 is 10.9. The summed E-state index contributed by atoms with van der Waals surface area (Å²) >= 11 is 0. The third-order valence-corrected chi connectivity index (χ3v) is 3.46. The lowest BCUT2D eigenvalue weighted by molar-refractivity contribution is -0.145. The molecule has 1 rings (SSSR count). The van der Waals surface area contributed by atoms with Crippen LogP contribution in [0.3, 0.4) is 0 Å². The Morgan fingerprint density at radius 3 is 2.58 bits per heavy atom. The molecule has 1 saturated heterocycles. The molecule has 0 bridgehead atoms. The normalized spacial score (nSPS) is 16.5. The Morgan fingerprint density at radius 1 is 1.11 bits per heavy atom. The number of nitrogens with one attached hydrogen (secondary N) is 1. The van der Waals surface area contributed by atoms with Gasteiger partial charge in [0.25, 0.3) is 0 Å². The van der Waals surface area contributed by atoms with Crippen LogP contribution in [0.4, 0.5) is 0 Å². The minimum atomic E-state index is -0.121. The van der Waals surface area contributed by atoms with Crippen molar-refractivity contribution in [2.75, 3.05) is 26.3 Å². The summed E-state index contributed by atoms with van der Waals surface area (Å²) in [6.45, 7) is 5.30. The average molecular weight is 271 g/mol. The van der Waals surface area contributed by atoms with Gasteiger partial charge in [0, 0.05) is 0 Å². The predicted octanol–water partition coefficient (Wildman–Crippen LogP) is 2.66. The van der Waals surface area contributed by atoms with Gasteiger partial charge in [-0.15, -0.1) is 0 Å².